The summed E-state index contributed by atoms with van der Waals surface area (Å²) in [7, 11) is -5.80. The molecule has 0 heterocycles. The summed E-state index contributed by atoms with van der Waals surface area (Å²) in [5, 5.41) is 0. The normalized spacial score (nSPS) is 13.7. The van der Waals surface area contributed by atoms with Gasteiger partial charge in [-0.05, 0) is 24.6 Å². The first-order valence-corrected chi connectivity index (χ1v) is 5.86. The molecule has 2 nitrogen and oxygen atoms in total. The van der Waals surface area contributed by atoms with E-state index in [1.165, 1.54) is 0 Å². The van der Waals surface area contributed by atoms with E-state index >= 15 is 0 Å². The third kappa shape index (κ3) is 3.37. The van der Waals surface area contributed by atoms with Crippen molar-refractivity contribution in [1.82, 2.24) is 0 Å². The summed E-state index contributed by atoms with van der Waals surface area (Å²) in [5.74, 6) is 0. The molecule has 108 valence electrons. The van der Waals surface area contributed by atoms with Gasteiger partial charge < -0.3 is 0 Å². The number of aryl methyl sites for hydroxylation is 1. The van der Waals surface area contributed by atoms with Crippen LogP contribution in [0, 0.1) is 6.92 Å². The smallest absolute Gasteiger partial charge is 0.189 e. The van der Waals surface area contributed by atoms with Gasteiger partial charge in [0.1, 0.15) is 4.90 Å². The van der Waals surface area contributed by atoms with Gasteiger partial charge in [0, 0.05) is 0 Å². The van der Waals surface area contributed by atoms with Crippen molar-refractivity contribution >= 4 is 10.2 Å². The molecule has 1 aromatic carbocycles. The van der Waals surface area contributed by atoms with Crippen LogP contribution in [-0.2, 0) is 22.6 Å². The summed E-state index contributed by atoms with van der Waals surface area (Å²) < 4.78 is 109. The first-order chi connectivity index (χ1) is 8.24. The molecule has 0 bridgehead atoms. The van der Waals surface area contributed by atoms with Crippen LogP contribution in [0.1, 0.15) is 16.7 Å². The van der Waals surface area contributed by atoms with Crippen molar-refractivity contribution in [3.05, 3.63) is 28.8 Å². The van der Waals surface area contributed by atoms with Crippen LogP contribution in [0.25, 0.3) is 0 Å². The third-order valence-electron chi connectivity index (χ3n) is 2.15. The zero-order chi connectivity index (χ0) is 15.2. The van der Waals surface area contributed by atoms with Crippen LogP contribution >= 0.6 is 0 Å². The van der Waals surface area contributed by atoms with Crippen LogP contribution in [0.4, 0.5) is 30.2 Å². The fourth-order valence-corrected chi connectivity index (χ4v) is 2.35. The number of halogens is 7. The molecule has 0 spiro atoms. The Hall–Kier alpha value is -1.32. The van der Waals surface area contributed by atoms with Crippen LogP contribution in [0.3, 0.4) is 0 Å². The molecular weight excluding hydrogens is 305 g/mol. The van der Waals surface area contributed by atoms with Gasteiger partial charge in [-0.1, -0.05) is 0 Å². The minimum Gasteiger partial charge on any atom is -0.189 e. The largest absolute Gasteiger partial charge is 0.417 e. The van der Waals surface area contributed by atoms with Crippen LogP contribution in [0.2, 0.25) is 0 Å². The second-order valence-electron chi connectivity index (χ2n) is 3.60. The fourth-order valence-electron chi connectivity index (χ4n) is 1.47. The van der Waals surface area contributed by atoms with E-state index in [0.717, 1.165) is 0 Å². The van der Waals surface area contributed by atoms with Gasteiger partial charge >= 0.3 is 22.6 Å². The highest BCUT2D eigenvalue weighted by atomic mass is 32.3. The van der Waals surface area contributed by atoms with E-state index in [0.29, 0.717) is 6.92 Å². The Morgan fingerprint density at radius 2 is 1.42 bits per heavy atom. The summed E-state index contributed by atoms with van der Waals surface area (Å²) in [6, 6.07) is -0.291. The molecule has 10 heteroatoms. The predicted molar refractivity (Wildman–Crippen MR) is 49.5 cm³/mol. The van der Waals surface area contributed by atoms with Crippen molar-refractivity contribution in [2.24, 2.45) is 0 Å². The quantitative estimate of drug-likeness (QED) is 0.585. The highest BCUT2D eigenvalue weighted by Gasteiger charge is 2.42. The molecule has 0 aliphatic rings. The Balaban J connectivity index is 3.79. The van der Waals surface area contributed by atoms with Crippen LogP contribution in [0.5, 0.6) is 0 Å². The topological polar surface area (TPSA) is 34.1 Å². The van der Waals surface area contributed by atoms with Gasteiger partial charge in [0.15, 0.2) is 0 Å². The van der Waals surface area contributed by atoms with E-state index in [-0.39, 0.29) is 6.07 Å². The minimum absolute atomic E-state index is 0.141. The molecule has 0 aliphatic carbocycles. The highest BCUT2D eigenvalue weighted by Crippen LogP contribution is 2.40. The first kappa shape index (κ1) is 15.7. The van der Waals surface area contributed by atoms with Crippen molar-refractivity contribution < 1.29 is 38.6 Å². The molecule has 1 aromatic rings. The molecule has 0 atom stereocenters. The number of alkyl halides is 6. The van der Waals surface area contributed by atoms with Gasteiger partial charge in [-0.2, -0.15) is 34.8 Å². The highest BCUT2D eigenvalue weighted by molar-refractivity contribution is 7.86. The van der Waals surface area contributed by atoms with Crippen molar-refractivity contribution in [1.29, 1.82) is 0 Å². The molecule has 0 aromatic heterocycles. The molecule has 0 fully saturated rings. The van der Waals surface area contributed by atoms with E-state index < -0.39 is 50.2 Å². The summed E-state index contributed by atoms with van der Waals surface area (Å²) >= 11 is 0. The Labute approximate surface area is 103 Å². The summed E-state index contributed by atoms with van der Waals surface area (Å²) in [6.07, 6.45) is -10.5. The summed E-state index contributed by atoms with van der Waals surface area (Å²) in [4.78, 5) is -1.80. The standard InChI is InChI=1S/C9H5F7O2S/c1-4-2-5(8(10,11)12)3-6(9(13,14)15)7(4)19(16,17)18/h2-3H,1H3. The predicted octanol–water partition coefficient (Wildman–Crippen LogP) is 3.69. The molecule has 0 N–H and O–H groups in total. The fraction of sp³-hybridized carbons (Fsp3) is 0.333. The van der Waals surface area contributed by atoms with E-state index in [1.54, 1.807) is 0 Å². The average molecular weight is 310 g/mol. The molecule has 19 heavy (non-hydrogen) atoms. The lowest BCUT2D eigenvalue weighted by Crippen LogP contribution is -2.16. The van der Waals surface area contributed by atoms with Crippen molar-refractivity contribution in [2.45, 2.75) is 24.2 Å². The monoisotopic (exact) mass is 310 g/mol. The number of hydrogen-bond acceptors (Lipinski definition) is 2. The van der Waals surface area contributed by atoms with Gasteiger partial charge in [-0.25, -0.2) is 0 Å². The Morgan fingerprint density at radius 1 is 0.947 bits per heavy atom. The van der Waals surface area contributed by atoms with Gasteiger partial charge in [-0.3, -0.25) is 0 Å². The second-order valence-corrected chi connectivity index (χ2v) is 4.89. The summed E-state index contributed by atoms with van der Waals surface area (Å²) in [6.45, 7) is 0.650. The van der Waals surface area contributed by atoms with Crippen molar-refractivity contribution in [3.8, 4) is 0 Å². The number of rotatable bonds is 1. The molecule has 0 radical (unpaired) electrons. The first-order valence-electron chi connectivity index (χ1n) is 4.48. The van der Waals surface area contributed by atoms with Crippen LogP contribution in [-0.4, -0.2) is 8.42 Å². The second kappa shape index (κ2) is 4.36. The average Bonchev–Trinajstić information content (AvgIpc) is 2.11. The van der Waals surface area contributed by atoms with Gasteiger partial charge in [-0.15, -0.1) is 3.89 Å². The zero-order valence-electron chi connectivity index (χ0n) is 9.03. The van der Waals surface area contributed by atoms with Gasteiger partial charge in [0.05, 0.1) is 11.1 Å². The molecule has 0 unspecified atom stereocenters. The van der Waals surface area contributed by atoms with E-state index in [9.17, 15) is 38.6 Å². The van der Waals surface area contributed by atoms with E-state index in [1.807, 2.05) is 0 Å². The maximum Gasteiger partial charge on any atom is 0.417 e. The maximum atomic E-state index is 12.8. The van der Waals surface area contributed by atoms with Gasteiger partial charge in [0.25, 0.3) is 0 Å². The van der Waals surface area contributed by atoms with Crippen molar-refractivity contribution in [2.75, 3.05) is 0 Å². The summed E-state index contributed by atoms with van der Waals surface area (Å²) in [5.41, 5.74) is -4.85. The van der Waals surface area contributed by atoms with Gasteiger partial charge in [0.2, 0.25) is 0 Å². The number of benzene rings is 1. The molecule has 0 saturated heterocycles. The minimum atomic E-state index is -5.80. The lowest BCUT2D eigenvalue weighted by Gasteiger charge is -2.16. The molecule has 0 aliphatic heterocycles. The van der Waals surface area contributed by atoms with Crippen LogP contribution in [0.15, 0.2) is 17.0 Å². The molecule has 0 saturated carbocycles. The van der Waals surface area contributed by atoms with Crippen molar-refractivity contribution in [3.63, 3.8) is 0 Å². The molecule has 1 rings (SSSR count). The lowest BCUT2D eigenvalue weighted by atomic mass is 10.1. The van der Waals surface area contributed by atoms with E-state index in [2.05, 4.69) is 0 Å². The third-order valence-corrected chi connectivity index (χ3v) is 3.18. The maximum absolute atomic E-state index is 12.8. The Kier molecular flexibility index (Phi) is 3.61. The lowest BCUT2D eigenvalue weighted by molar-refractivity contribution is -0.144. The Morgan fingerprint density at radius 3 is 1.74 bits per heavy atom. The van der Waals surface area contributed by atoms with E-state index in [4.69, 9.17) is 0 Å². The Bertz CT molecular complexity index is 598. The molecule has 0 amide bonds. The number of hydrogen-bond donors (Lipinski definition) is 0. The molecular formula is C9H5F7O2S. The zero-order valence-corrected chi connectivity index (χ0v) is 9.84. The van der Waals surface area contributed by atoms with Crippen LogP contribution < -0.4 is 0 Å². The SMILES string of the molecule is Cc1cc(C(F)(F)F)cc(C(F)(F)F)c1S(=O)(=O)F.